The standard InChI is InChI=1S/C20H29N5O2S/c1-12(2)14-9-8-10-15(13(3)4)18(14)21-20(27)23-28-17-11-16(25(7)22-17)19(26)24(5)6/h8-13H,1-7H3,(H2,21,23,27). The van der Waals surface area contributed by atoms with E-state index in [1.165, 1.54) is 9.58 Å². The monoisotopic (exact) mass is 403 g/mol. The summed E-state index contributed by atoms with van der Waals surface area (Å²) in [5, 5.41) is 7.81. The Hall–Kier alpha value is -2.48. The van der Waals surface area contributed by atoms with E-state index in [4.69, 9.17) is 0 Å². The van der Waals surface area contributed by atoms with Crippen LogP contribution in [-0.2, 0) is 7.05 Å². The second-order valence-corrected chi connectivity index (χ2v) is 8.30. The topological polar surface area (TPSA) is 79.3 Å². The van der Waals surface area contributed by atoms with Gasteiger partial charge < -0.3 is 10.2 Å². The molecule has 0 radical (unpaired) electrons. The molecule has 152 valence electrons. The van der Waals surface area contributed by atoms with Crippen LogP contribution in [0, 0.1) is 0 Å². The summed E-state index contributed by atoms with van der Waals surface area (Å²) in [6, 6.07) is 7.44. The molecule has 0 aliphatic rings. The van der Waals surface area contributed by atoms with Crippen molar-refractivity contribution in [2.45, 2.75) is 44.6 Å². The third-order valence-electron chi connectivity index (χ3n) is 4.34. The van der Waals surface area contributed by atoms with Crippen LogP contribution in [-0.4, -0.2) is 40.7 Å². The number of hydrogen-bond acceptors (Lipinski definition) is 4. The Morgan fingerprint density at radius 3 is 2.18 bits per heavy atom. The van der Waals surface area contributed by atoms with Gasteiger partial charge in [-0.25, -0.2) is 4.79 Å². The molecular weight excluding hydrogens is 374 g/mol. The first-order chi connectivity index (χ1) is 13.1. The minimum Gasteiger partial charge on any atom is -0.343 e. The van der Waals surface area contributed by atoms with Crippen molar-refractivity contribution in [3.63, 3.8) is 0 Å². The van der Waals surface area contributed by atoms with Crippen LogP contribution >= 0.6 is 11.9 Å². The van der Waals surface area contributed by atoms with Gasteiger partial charge in [0.05, 0.1) is 0 Å². The number of rotatable bonds is 6. The maximum atomic E-state index is 12.5. The number of amides is 3. The van der Waals surface area contributed by atoms with Crippen molar-refractivity contribution in [2.75, 3.05) is 19.4 Å². The van der Waals surface area contributed by atoms with Crippen LogP contribution in [0.2, 0.25) is 0 Å². The number of anilines is 1. The Morgan fingerprint density at radius 2 is 1.68 bits per heavy atom. The predicted octanol–water partition coefficient (Wildman–Crippen LogP) is 4.20. The van der Waals surface area contributed by atoms with Crippen molar-refractivity contribution >= 4 is 29.6 Å². The van der Waals surface area contributed by atoms with Crippen LogP contribution in [0.5, 0.6) is 0 Å². The lowest BCUT2D eigenvalue weighted by Gasteiger charge is -2.20. The molecule has 0 aliphatic carbocycles. The van der Waals surface area contributed by atoms with E-state index < -0.39 is 0 Å². The number of benzene rings is 1. The van der Waals surface area contributed by atoms with Gasteiger partial charge in [0, 0.05) is 44.8 Å². The fourth-order valence-corrected chi connectivity index (χ4v) is 3.44. The minimum absolute atomic E-state index is 0.140. The summed E-state index contributed by atoms with van der Waals surface area (Å²) >= 11 is 1.08. The highest BCUT2D eigenvalue weighted by Crippen LogP contribution is 2.32. The highest BCUT2D eigenvalue weighted by Gasteiger charge is 2.18. The quantitative estimate of drug-likeness (QED) is 0.709. The Bertz CT molecular complexity index is 832. The predicted molar refractivity (Wildman–Crippen MR) is 114 cm³/mol. The van der Waals surface area contributed by atoms with Gasteiger partial charge in [-0.15, -0.1) is 0 Å². The molecule has 1 aromatic heterocycles. The maximum Gasteiger partial charge on any atom is 0.329 e. The summed E-state index contributed by atoms with van der Waals surface area (Å²) in [5.41, 5.74) is 3.52. The Morgan fingerprint density at radius 1 is 1.11 bits per heavy atom. The van der Waals surface area contributed by atoms with Crippen molar-refractivity contribution < 1.29 is 9.59 Å². The van der Waals surface area contributed by atoms with E-state index in [0.29, 0.717) is 10.7 Å². The average Bonchev–Trinajstić information content (AvgIpc) is 2.99. The van der Waals surface area contributed by atoms with Gasteiger partial charge in [-0.05, 0) is 23.0 Å². The van der Waals surface area contributed by atoms with Crippen molar-refractivity contribution in [2.24, 2.45) is 7.05 Å². The number of carbonyl (C=O) groups excluding carboxylic acids is 2. The zero-order valence-electron chi connectivity index (χ0n) is 17.5. The first-order valence-corrected chi connectivity index (χ1v) is 10.1. The van der Waals surface area contributed by atoms with Gasteiger partial charge in [0.15, 0.2) is 0 Å². The van der Waals surface area contributed by atoms with Gasteiger partial charge in [-0.1, -0.05) is 45.9 Å². The van der Waals surface area contributed by atoms with E-state index in [-0.39, 0.29) is 23.8 Å². The highest BCUT2D eigenvalue weighted by molar-refractivity contribution is 7.97. The molecule has 0 fully saturated rings. The number of para-hydroxylation sites is 1. The first-order valence-electron chi connectivity index (χ1n) is 9.24. The molecule has 1 aromatic carbocycles. The lowest BCUT2D eigenvalue weighted by Crippen LogP contribution is -2.24. The Balaban J connectivity index is 2.12. The molecule has 2 N–H and O–H groups in total. The van der Waals surface area contributed by atoms with Crippen LogP contribution in [0.15, 0.2) is 29.3 Å². The minimum atomic E-state index is -0.328. The largest absolute Gasteiger partial charge is 0.343 e. The number of hydrogen-bond donors (Lipinski definition) is 2. The van der Waals surface area contributed by atoms with Crippen LogP contribution in [0.4, 0.5) is 10.5 Å². The van der Waals surface area contributed by atoms with Gasteiger partial charge in [0.1, 0.15) is 10.7 Å². The first kappa shape index (κ1) is 21.8. The Kier molecular flexibility index (Phi) is 7.12. The van der Waals surface area contributed by atoms with E-state index in [0.717, 1.165) is 28.8 Å². The number of carbonyl (C=O) groups is 2. The molecule has 0 bridgehead atoms. The van der Waals surface area contributed by atoms with Crippen molar-refractivity contribution in [1.29, 1.82) is 0 Å². The SMILES string of the molecule is CC(C)c1cccc(C(C)C)c1NC(=O)NSc1cc(C(=O)N(C)C)n(C)n1. The van der Waals surface area contributed by atoms with E-state index in [9.17, 15) is 9.59 Å². The average molecular weight is 404 g/mol. The van der Waals surface area contributed by atoms with Crippen LogP contribution in [0.1, 0.15) is 61.1 Å². The lowest BCUT2D eigenvalue weighted by molar-refractivity contribution is 0.0817. The van der Waals surface area contributed by atoms with Crippen molar-refractivity contribution in [3.8, 4) is 0 Å². The highest BCUT2D eigenvalue weighted by atomic mass is 32.2. The molecule has 1 heterocycles. The van der Waals surface area contributed by atoms with E-state index >= 15 is 0 Å². The molecule has 28 heavy (non-hydrogen) atoms. The van der Waals surface area contributed by atoms with E-state index in [1.54, 1.807) is 27.2 Å². The fraction of sp³-hybridized carbons (Fsp3) is 0.450. The second kappa shape index (κ2) is 9.14. The second-order valence-electron chi connectivity index (χ2n) is 7.47. The number of nitrogens with one attached hydrogen (secondary N) is 2. The summed E-state index contributed by atoms with van der Waals surface area (Å²) in [5.74, 6) is 0.438. The lowest BCUT2D eigenvalue weighted by atomic mass is 9.93. The maximum absolute atomic E-state index is 12.5. The summed E-state index contributed by atoms with van der Waals surface area (Å²) in [4.78, 5) is 26.1. The molecule has 7 nitrogen and oxygen atoms in total. The molecule has 3 amide bonds. The van der Waals surface area contributed by atoms with Gasteiger partial charge in [-0.3, -0.25) is 14.2 Å². The molecule has 0 saturated heterocycles. The molecular formula is C20H29N5O2S. The van der Waals surface area contributed by atoms with Gasteiger partial charge in [-0.2, -0.15) is 5.10 Å². The number of nitrogens with zero attached hydrogens (tertiary/aromatic N) is 3. The summed E-state index contributed by atoms with van der Waals surface area (Å²) in [6.45, 7) is 8.42. The van der Waals surface area contributed by atoms with Gasteiger partial charge >= 0.3 is 6.03 Å². The smallest absolute Gasteiger partial charge is 0.329 e. The molecule has 0 aliphatic heterocycles. The summed E-state index contributed by atoms with van der Waals surface area (Å²) in [6.07, 6.45) is 0. The molecule has 0 spiro atoms. The molecule has 2 aromatic rings. The van der Waals surface area contributed by atoms with Crippen LogP contribution in [0.3, 0.4) is 0 Å². The van der Waals surface area contributed by atoms with Crippen molar-refractivity contribution in [3.05, 3.63) is 41.1 Å². The number of aromatic nitrogens is 2. The summed E-state index contributed by atoms with van der Waals surface area (Å²) in [7, 11) is 5.08. The zero-order chi connectivity index (χ0) is 21.0. The van der Waals surface area contributed by atoms with Gasteiger partial charge in [0.25, 0.3) is 5.91 Å². The van der Waals surface area contributed by atoms with E-state index in [2.05, 4.69) is 42.8 Å². The Labute approximate surface area is 171 Å². The van der Waals surface area contributed by atoms with E-state index in [1.807, 2.05) is 18.2 Å². The van der Waals surface area contributed by atoms with Gasteiger partial charge in [0.2, 0.25) is 0 Å². The number of aryl methyl sites for hydroxylation is 1. The zero-order valence-corrected chi connectivity index (χ0v) is 18.3. The number of urea groups is 1. The normalized spacial score (nSPS) is 11.0. The molecule has 0 unspecified atom stereocenters. The molecule has 2 rings (SSSR count). The third kappa shape index (κ3) is 5.07. The molecule has 0 saturated carbocycles. The summed E-state index contributed by atoms with van der Waals surface area (Å²) < 4.78 is 4.26. The molecule has 0 atom stereocenters. The van der Waals surface area contributed by atoms with Crippen LogP contribution < -0.4 is 10.0 Å². The van der Waals surface area contributed by atoms with Crippen LogP contribution in [0.25, 0.3) is 0 Å². The molecule has 8 heteroatoms. The fourth-order valence-electron chi connectivity index (χ4n) is 2.85. The third-order valence-corrected chi connectivity index (χ3v) is 5.04. The van der Waals surface area contributed by atoms with Crippen molar-refractivity contribution in [1.82, 2.24) is 19.4 Å².